The molecule has 1 aromatic carbocycles. The summed E-state index contributed by atoms with van der Waals surface area (Å²) >= 11 is 0. The first-order chi connectivity index (χ1) is 12.7. The lowest BCUT2D eigenvalue weighted by atomic mass is 10.1. The normalized spacial score (nSPS) is 12.0. The lowest BCUT2D eigenvalue weighted by molar-refractivity contribution is -0.137. The highest BCUT2D eigenvalue weighted by Gasteiger charge is 2.30. The smallest absolute Gasteiger partial charge is 0.416 e. The molecule has 5 N–H and O–H groups in total. The second-order valence-electron chi connectivity index (χ2n) is 5.29. The standard InChI is InChI=1S/C15H12F3N5O.C3H8/c16-15(17,18)10-3-1-9(2-4-10)12-8-22-14(24-12)23-13(21)6-5-11(20)7-19;1-3-2/h1-6,8H,20-21H2,(H,22,23);3H2,1-2H3/b11-5-,13-6+;. The molecule has 2 rings (SSSR count). The minimum atomic E-state index is -4.40. The molecule has 1 heterocycles. The fraction of sp³-hybridized carbons (Fsp3) is 0.222. The Kier molecular flexibility index (Phi) is 7.94. The van der Waals surface area contributed by atoms with Crippen molar-refractivity contribution < 1.29 is 17.6 Å². The maximum atomic E-state index is 12.5. The third-order valence-corrected chi connectivity index (χ3v) is 2.83. The number of alkyl halides is 3. The van der Waals surface area contributed by atoms with Gasteiger partial charge in [-0.2, -0.15) is 18.4 Å². The van der Waals surface area contributed by atoms with Crippen LogP contribution in [0, 0.1) is 11.3 Å². The quantitative estimate of drug-likeness (QED) is 0.537. The zero-order valence-corrected chi connectivity index (χ0v) is 14.8. The first-order valence-corrected chi connectivity index (χ1v) is 7.94. The number of halogens is 3. The van der Waals surface area contributed by atoms with Crippen molar-refractivity contribution in [1.29, 1.82) is 5.26 Å². The summed E-state index contributed by atoms with van der Waals surface area (Å²) in [5.41, 5.74) is 10.6. The molecule has 6 nitrogen and oxygen atoms in total. The molecule has 144 valence electrons. The molecule has 0 spiro atoms. The van der Waals surface area contributed by atoms with Gasteiger partial charge in [-0.1, -0.05) is 32.4 Å². The number of oxazole rings is 1. The minimum Gasteiger partial charge on any atom is -0.423 e. The molecule has 9 heteroatoms. The van der Waals surface area contributed by atoms with Crippen LogP contribution in [0.5, 0.6) is 0 Å². The Hall–Kier alpha value is -3.41. The summed E-state index contributed by atoms with van der Waals surface area (Å²) in [6.07, 6.45) is 0.838. The van der Waals surface area contributed by atoms with E-state index in [0.717, 1.165) is 12.1 Å². The summed E-state index contributed by atoms with van der Waals surface area (Å²) in [5.74, 6) is 0.389. The molecule has 0 radical (unpaired) electrons. The van der Waals surface area contributed by atoms with Crippen LogP contribution >= 0.6 is 0 Å². The summed E-state index contributed by atoms with van der Waals surface area (Å²) in [4.78, 5) is 3.91. The number of hydrogen-bond acceptors (Lipinski definition) is 6. The van der Waals surface area contributed by atoms with E-state index >= 15 is 0 Å². The van der Waals surface area contributed by atoms with Crippen LogP contribution in [0.4, 0.5) is 19.2 Å². The van der Waals surface area contributed by atoms with Gasteiger partial charge in [0.25, 0.3) is 0 Å². The fourth-order valence-electron chi connectivity index (χ4n) is 1.67. The predicted molar refractivity (Wildman–Crippen MR) is 96.7 cm³/mol. The number of nitrogens with one attached hydrogen (secondary N) is 1. The number of hydrogen-bond donors (Lipinski definition) is 3. The molecule has 27 heavy (non-hydrogen) atoms. The van der Waals surface area contributed by atoms with Crippen LogP contribution in [0.3, 0.4) is 0 Å². The van der Waals surface area contributed by atoms with Gasteiger partial charge < -0.3 is 15.9 Å². The van der Waals surface area contributed by atoms with Crippen molar-refractivity contribution in [2.45, 2.75) is 26.4 Å². The highest BCUT2D eigenvalue weighted by atomic mass is 19.4. The van der Waals surface area contributed by atoms with Gasteiger partial charge in [-0.3, -0.25) is 5.32 Å². The second kappa shape index (κ2) is 9.91. The molecule has 0 atom stereocenters. The van der Waals surface area contributed by atoms with E-state index in [4.69, 9.17) is 21.1 Å². The number of nitrogens with zero attached hydrogens (tertiary/aromatic N) is 2. The van der Waals surface area contributed by atoms with E-state index in [-0.39, 0.29) is 23.3 Å². The van der Waals surface area contributed by atoms with Gasteiger partial charge in [-0.15, -0.1) is 0 Å². The summed E-state index contributed by atoms with van der Waals surface area (Å²) < 4.78 is 42.9. The number of anilines is 1. The monoisotopic (exact) mass is 379 g/mol. The maximum absolute atomic E-state index is 12.5. The van der Waals surface area contributed by atoms with Crippen molar-refractivity contribution in [2.24, 2.45) is 11.5 Å². The SMILES string of the molecule is CCC.N#C/C(N)=C/C=C(\N)Nc1ncc(-c2ccc(C(F)(F)F)cc2)o1. The summed E-state index contributed by atoms with van der Waals surface area (Å²) in [7, 11) is 0. The molecule has 0 saturated heterocycles. The Bertz CT molecular complexity index is 830. The van der Waals surface area contributed by atoms with E-state index in [1.807, 2.05) is 0 Å². The number of nitriles is 1. The fourth-order valence-corrected chi connectivity index (χ4v) is 1.67. The topological polar surface area (TPSA) is 114 Å². The van der Waals surface area contributed by atoms with Crippen LogP contribution < -0.4 is 16.8 Å². The third-order valence-electron chi connectivity index (χ3n) is 2.83. The van der Waals surface area contributed by atoms with Crippen molar-refractivity contribution in [2.75, 3.05) is 5.32 Å². The molecule has 1 aromatic heterocycles. The van der Waals surface area contributed by atoms with Gasteiger partial charge >= 0.3 is 12.2 Å². The van der Waals surface area contributed by atoms with Gasteiger partial charge in [0.15, 0.2) is 5.76 Å². The number of rotatable bonds is 4. The molecular formula is C18H20F3N5O. The number of nitrogens with two attached hydrogens (primary N) is 2. The van der Waals surface area contributed by atoms with Crippen molar-refractivity contribution in [1.82, 2.24) is 4.98 Å². The van der Waals surface area contributed by atoms with Crippen LogP contribution in [0.25, 0.3) is 11.3 Å². The molecule has 0 fully saturated rings. The van der Waals surface area contributed by atoms with Crippen molar-refractivity contribution >= 4 is 6.01 Å². The van der Waals surface area contributed by atoms with Gasteiger partial charge in [-0.05, 0) is 24.3 Å². The highest BCUT2D eigenvalue weighted by molar-refractivity contribution is 5.58. The van der Waals surface area contributed by atoms with Crippen LogP contribution in [-0.2, 0) is 6.18 Å². The molecule has 2 aromatic rings. The van der Waals surface area contributed by atoms with Gasteiger partial charge in [-0.25, -0.2) is 4.98 Å². The van der Waals surface area contributed by atoms with Crippen LogP contribution in [0.2, 0.25) is 0 Å². The Morgan fingerprint density at radius 2 is 1.81 bits per heavy atom. The van der Waals surface area contributed by atoms with E-state index < -0.39 is 11.7 Å². The number of benzene rings is 1. The average molecular weight is 379 g/mol. The Morgan fingerprint density at radius 1 is 1.22 bits per heavy atom. The zero-order chi connectivity index (χ0) is 20.4. The molecule has 0 aliphatic heterocycles. The summed E-state index contributed by atoms with van der Waals surface area (Å²) in [6, 6.07) is 6.23. The molecular weight excluding hydrogens is 359 g/mol. The van der Waals surface area contributed by atoms with Gasteiger partial charge in [0, 0.05) is 5.56 Å². The van der Waals surface area contributed by atoms with Crippen molar-refractivity contribution in [3.05, 3.63) is 59.7 Å². The van der Waals surface area contributed by atoms with Crippen molar-refractivity contribution in [3.8, 4) is 17.4 Å². The van der Waals surface area contributed by atoms with E-state index in [2.05, 4.69) is 24.1 Å². The first kappa shape index (κ1) is 21.6. The first-order valence-electron chi connectivity index (χ1n) is 7.94. The molecule has 0 amide bonds. The lowest BCUT2D eigenvalue weighted by Gasteiger charge is -2.06. The summed E-state index contributed by atoms with van der Waals surface area (Å²) in [6.45, 7) is 4.25. The Labute approximate surface area is 155 Å². The minimum absolute atomic E-state index is 0.0300. The van der Waals surface area contributed by atoms with Gasteiger partial charge in [0.2, 0.25) is 0 Å². The van der Waals surface area contributed by atoms with E-state index in [1.54, 1.807) is 6.07 Å². The molecule has 0 bridgehead atoms. The molecule has 0 saturated carbocycles. The van der Waals surface area contributed by atoms with Crippen molar-refractivity contribution in [3.63, 3.8) is 0 Å². The summed E-state index contributed by atoms with van der Waals surface area (Å²) in [5, 5.41) is 11.1. The highest BCUT2D eigenvalue weighted by Crippen LogP contribution is 2.31. The Morgan fingerprint density at radius 3 is 2.33 bits per heavy atom. The van der Waals surface area contributed by atoms with E-state index in [1.165, 1.54) is 36.9 Å². The second-order valence-corrected chi connectivity index (χ2v) is 5.29. The number of aromatic nitrogens is 1. The lowest BCUT2D eigenvalue weighted by Crippen LogP contribution is -2.09. The molecule has 0 aliphatic rings. The number of allylic oxidation sites excluding steroid dienone is 3. The van der Waals surface area contributed by atoms with Crippen LogP contribution in [0.1, 0.15) is 25.8 Å². The van der Waals surface area contributed by atoms with Crippen LogP contribution in [-0.4, -0.2) is 4.98 Å². The van der Waals surface area contributed by atoms with Gasteiger partial charge in [0.05, 0.1) is 11.8 Å². The van der Waals surface area contributed by atoms with Crippen LogP contribution in [0.15, 0.2) is 58.5 Å². The zero-order valence-electron chi connectivity index (χ0n) is 14.8. The molecule has 0 aliphatic carbocycles. The third kappa shape index (κ3) is 7.15. The maximum Gasteiger partial charge on any atom is 0.416 e. The largest absolute Gasteiger partial charge is 0.423 e. The molecule has 0 unspecified atom stereocenters. The van der Waals surface area contributed by atoms with E-state index in [0.29, 0.717) is 5.56 Å². The average Bonchev–Trinajstić information content (AvgIpc) is 3.08. The predicted octanol–water partition coefficient (Wildman–Crippen LogP) is 4.35. The van der Waals surface area contributed by atoms with E-state index in [9.17, 15) is 13.2 Å². The van der Waals surface area contributed by atoms with Gasteiger partial charge in [0.1, 0.15) is 17.6 Å². The Balaban J connectivity index is 0.00000114.